The van der Waals surface area contributed by atoms with E-state index in [0.29, 0.717) is 12.5 Å². The lowest BCUT2D eigenvalue weighted by atomic mass is 10.2. The molecule has 3 nitrogen and oxygen atoms in total. The minimum absolute atomic E-state index is 0.122. The van der Waals surface area contributed by atoms with Crippen molar-refractivity contribution in [1.29, 1.82) is 0 Å². The Morgan fingerprint density at radius 3 is 2.74 bits per heavy atom. The summed E-state index contributed by atoms with van der Waals surface area (Å²) in [6, 6.07) is 9.71. The second kappa shape index (κ2) is 5.41. The summed E-state index contributed by atoms with van der Waals surface area (Å²) in [4.78, 5) is 11.7. The lowest BCUT2D eigenvalue weighted by Gasteiger charge is -2.10. The molecule has 0 bridgehead atoms. The number of rotatable bonds is 5. The van der Waals surface area contributed by atoms with Crippen molar-refractivity contribution >= 4 is 12.0 Å². The van der Waals surface area contributed by atoms with Crippen molar-refractivity contribution in [3.05, 3.63) is 54.1 Å². The summed E-state index contributed by atoms with van der Waals surface area (Å²) < 4.78 is 0. The van der Waals surface area contributed by atoms with Crippen LogP contribution in [-0.4, -0.2) is 18.0 Å². The first kappa shape index (κ1) is 13.6. The number of carbonyl (C=O) groups is 1. The summed E-state index contributed by atoms with van der Waals surface area (Å²) in [5.74, 6) is 0.217. The summed E-state index contributed by atoms with van der Waals surface area (Å²) in [6.45, 7) is 6.49. The molecule has 1 unspecified atom stereocenters. The topological polar surface area (TPSA) is 55.1 Å². The summed E-state index contributed by atoms with van der Waals surface area (Å²) >= 11 is 0. The second-order valence-electron chi connectivity index (χ2n) is 4.99. The molecular weight excluding hydrogens is 236 g/mol. The standard InChI is InChI=1S/C16H20N2O/c1-3-14-12(2)16(14,17)11-18-15(19)10-9-13-7-5-4-6-8-13/h4-10,14H,2-3,11,17H2,1H3,(H,18,19)/b10-9+/t14-,16?/m0/s1. The molecule has 19 heavy (non-hydrogen) atoms. The van der Waals surface area contributed by atoms with Gasteiger partial charge in [0.15, 0.2) is 0 Å². The predicted molar refractivity (Wildman–Crippen MR) is 78.3 cm³/mol. The maximum absolute atomic E-state index is 11.7. The third-order valence-corrected chi connectivity index (χ3v) is 3.75. The predicted octanol–water partition coefficient (Wildman–Crippen LogP) is 2.11. The van der Waals surface area contributed by atoms with Gasteiger partial charge in [-0.05, 0) is 23.6 Å². The highest BCUT2D eigenvalue weighted by Crippen LogP contribution is 2.48. The van der Waals surface area contributed by atoms with Crippen LogP contribution in [0.4, 0.5) is 0 Å². The highest BCUT2D eigenvalue weighted by Gasteiger charge is 2.54. The first-order chi connectivity index (χ1) is 9.08. The number of carbonyl (C=O) groups excluding carboxylic acids is 1. The number of nitrogens with two attached hydrogens (primary N) is 1. The van der Waals surface area contributed by atoms with Gasteiger partial charge in [0.05, 0.1) is 5.54 Å². The van der Waals surface area contributed by atoms with Gasteiger partial charge < -0.3 is 11.1 Å². The van der Waals surface area contributed by atoms with Gasteiger partial charge in [0.1, 0.15) is 0 Å². The fraction of sp³-hybridized carbons (Fsp3) is 0.312. The van der Waals surface area contributed by atoms with Crippen molar-refractivity contribution in [1.82, 2.24) is 5.32 Å². The molecule has 1 aromatic rings. The van der Waals surface area contributed by atoms with Crippen molar-refractivity contribution in [3.8, 4) is 0 Å². The summed E-state index contributed by atoms with van der Waals surface area (Å²) in [5.41, 5.74) is 7.81. The van der Waals surface area contributed by atoms with E-state index in [2.05, 4.69) is 18.8 Å². The largest absolute Gasteiger partial charge is 0.350 e. The summed E-state index contributed by atoms with van der Waals surface area (Å²) in [7, 11) is 0. The van der Waals surface area contributed by atoms with Crippen molar-refractivity contribution in [2.75, 3.05) is 6.54 Å². The molecule has 1 aliphatic rings. The molecule has 2 rings (SSSR count). The van der Waals surface area contributed by atoms with E-state index >= 15 is 0 Å². The van der Waals surface area contributed by atoms with Crippen LogP contribution in [0.5, 0.6) is 0 Å². The van der Waals surface area contributed by atoms with Gasteiger partial charge in [-0.3, -0.25) is 4.79 Å². The first-order valence-electron chi connectivity index (χ1n) is 6.57. The fourth-order valence-electron chi connectivity index (χ4n) is 2.41. The number of hydrogen-bond donors (Lipinski definition) is 2. The Hall–Kier alpha value is -1.87. The zero-order valence-corrected chi connectivity index (χ0v) is 11.2. The molecule has 3 heteroatoms. The van der Waals surface area contributed by atoms with Gasteiger partial charge in [-0.25, -0.2) is 0 Å². The van der Waals surface area contributed by atoms with Crippen LogP contribution in [0.1, 0.15) is 18.9 Å². The molecule has 1 fully saturated rings. The number of benzene rings is 1. The van der Waals surface area contributed by atoms with E-state index in [4.69, 9.17) is 5.73 Å². The van der Waals surface area contributed by atoms with Crippen molar-refractivity contribution in [2.24, 2.45) is 11.7 Å². The van der Waals surface area contributed by atoms with Crippen LogP contribution >= 0.6 is 0 Å². The average Bonchev–Trinajstić information content (AvgIpc) is 2.96. The molecule has 0 spiro atoms. The maximum Gasteiger partial charge on any atom is 0.244 e. The van der Waals surface area contributed by atoms with Crippen LogP contribution in [0.15, 0.2) is 48.6 Å². The summed E-state index contributed by atoms with van der Waals surface area (Å²) in [6.07, 6.45) is 4.30. The average molecular weight is 256 g/mol. The van der Waals surface area contributed by atoms with Gasteiger partial charge in [-0.2, -0.15) is 0 Å². The molecule has 2 atom stereocenters. The normalized spacial score (nSPS) is 25.6. The number of amides is 1. The Morgan fingerprint density at radius 2 is 2.16 bits per heavy atom. The van der Waals surface area contributed by atoms with Crippen molar-refractivity contribution in [2.45, 2.75) is 18.9 Å². The van der Waals surface area contributed by atoms with E-state index < -0.39 is 5.54 Å². The Morgan fingerprint density at radius 1 is 1.47 bits per heavy atom. The number of nitrogens with one attached hydrogen (secondary N) is 1. The zero-order chi connectivity index (χ0) is 13.9. The van der Waals surface area contributed by atoms with E-state index in [1.54, 1.807) is 6.08 Å². The third-order valence-electron chi connectivity index (χ3n) is 3.75. The molecule has 3 N–H and O–H groups in total. The smallest absolute Gasteiger partial charge is 0.244 e. The molecule has 0 heterocycles. The van der Waals surface area contributed by atoms with Crippen LogP contribution in [0.2, 0.25) is 0 Å². The summed E-state index contributed by atoms with van der Waals surface area (Å²) in [5, 5.41) is 2.84. The SMILES string of the molecule is C=C1[C@H](CC)C1(N)CNC(=O)/C=C/c1ccccc1. The fourth-order valence-corrected chi connectivity index (χ4v) is 2.41. The lowest BCUT2D eigenvalue weighted by Crippen LogP contribution is -2.40. The Bertz CT molecular complexity index is 507. The van der Waals surface area contributed by atoms with Gasteiger partial charge in [0.2, 0.25) is 5.91 Å². The monoisotopic (exact) mass is 256 g/mol. The van der Waals surface area contributed by atoms with Gasteiger partial charge in [-0.1, -0.05) is 43.8 Å². The quantitative estimate of drug-likeness (QED) is 0.626. The van der Waals surface area contributed by atoms with Crippen LogP contribution in [0.3, 0.4) is 0 Å². The minimum Gasteiger partial charge on any atom is -0.350 e. The minimum atomic E-state index is -0.398. The number of hydrogen-bond acceptors (Lipinski definition) is 2. The highest BCUT2D eigenvalue weighted by atomic mass is 16.1. The van der Waals surface area contributed by atoms with Gasteiger partial charge >= 0.3 is 0 Å². The van der Waals surface area contributed by atoms with Gasteiger partial charge in [-0.15, -0.1) is 0 Å². The zero-order valence-electron chi connectivity index (χ0n) is 11.2. The molecule has 1 saturated carbocycles. The molecule has 0 aliphatic heterocycles. The molecule has 1 aliphatic carbocycles. The molecule has 1 amide bonds. The van der Waals surface area contributed by atoms with Crippen LogP contribution in [0, 0.1) is 5.92 Å². The highest BCUT2D eigenvalue weighted by molar-refractivity contribution is 5.91. The van der Waals surface area contributed by atoms with E-state index in [9.17, 15) is 4.79 Å². The molecule has 0 saturated heterocycles. The Labute approximate surface area is 114 Å². The van der Waals surface area contributed by atoms with E-state index in [1.807, 2.05) is 30.3 Å². The van der Waals surface area contributed by atoms with Gasteiger partial charge in [0, 0.05) is 18.5 Å². The van der Waals surface area contributed by atoms with Crippen molar-refractivity contribution < 1.29 is 4.79 Å². The molecular formula is C16H20N2O. The lowest BCUT2D eigenvalue weighted by molar-refractivity contribution is -0.116. The maximum atomic E-state index is 11.7. The molecule has 0 aromatic heterocycles. The third kappa shape index (κ3) is 2.93. The Kier molecular flexibility index (Phi) is 3.86. The van der Waals surface area contributed by atoms with E-state index in [1.165, 1.54) is 6.08 Å². The van der Waals surface area contributed by atoms with Crippen LogP contribution in [0.25, 0.3) is 6.08 Å². The molecule has 100 valence electrons. The Balaban J connectivity index is 1.83. The van der Waals surface area contributed by atoms with Gasteiger partial charge in [0.25, 0.3) is 0 Å². The van der Waals surface area contributed by atoms with E-state index in [0.717, 1.165) is 17.6 Å². The second-order valence-corrected chi connectivity index (χ2v) is 4.99. The van der Waals surface area contributed by atoms with Crippen LogP contribution < -0.4 is 11.1 Å². The molecule has 1 aromatic carbocycles. The van der Waals surface area contributed by atoms with E-state index in [-0.39, 0.29) is 5.91 Å². The van der Waals surface area contributed by atoms with Crippen molar-refractivity contribution in [3.63, 3.8) is 0 Å². The van der Waals surface area contributed by atoms with Crippen LogP contribution in [-0.2, 0) is 4.79 Å². The molecule has 0 radical (unpaired) electrons. The first-order valence-corrected chi connectivity index (χ1v) is 6.57.